The molecular weight excluding hydrogens is 276 g/mol. The summed E-state index contributed by atoms with van der Waals surface area (Å²) in [6, 6.07) is 9.03. The molecule has 0 aromatic heterocycles. The molecule has 2 heterocycles. The van der Waals surface area contributed by atoms with Crippen LogP contribution >= 0.6 is 11.8 Å². The monoisotopic (exact) mass is 302 g/mol. The molecule has 1 saturated carbocycles. The zero-order valence-corrected chi connectivity index (χ0v) is 13.6. The molecule has 114 valence electrons. The summed E-state index contributed by atoms with van der Waals surface area (Å²) >= 11 is 2.05. The van der Waals surface area contributed by atoms with Crippen LogP contribution in [0.3, 0.4) is 0 Å². The smallest absolute Gasteiger partial charge is 0.0308 e. The molecule has 1 unspecified atom stereocenters. The molecule has 1 aromatic rings. The van der Waals surface area contributed by atoms with Crippen LogP contribution in [-0.2, 0) is 0 Å². The molecule has 4 rings (SSSR count). The van der Waals surface area contributed by atoms with Gasteiger partial charge in [0.2, 0.25) is 0 Å². The molecule has 1 saturated heterocycles. The van der Waals surface area contributed by atoms with E-state index < -0.39 is 0 Å². The second kappa shape index (κ2) is 5.94. The van der Waals surface area contributed by atoms with Gasteiger partial charge in [0.15, 0.2) is 0 Å². The standard InChI is InChI=1S/C18H26N2S/c1-2-7-17-16(6-1)15(13-21-17)12-20-11-5-10-19-18(14-20)8-3-4-9-18/h1-2,6-7,15,19H,3-5,8-14H2. The number of thioether (sulfide) groups is 1. The molecule has 3 aliphatic rings. The molecule has 3 heteroatoms. The first-order chi connectivity index (χ1) is 10.3. The van der Waals surface area contributed by atoms with E-state index in [1.54, 1.807) is 5.56 Å². The fourth-order valence-electron chi connectivity index (χ4n) is 4.45. The van der Waals surface area contributed by atoms with E-state index in [0.717, 1.165) is 5.92 Å². The van der Waals surface area contributed by atoms with Crippen LogP contribution in [0.15, 0.2) is 29.2 Å². The zero-order chi connectivity index (χ0) is 14.1. The van der Waals surface area contributed by atoms with Gasteiger partial charge in [0.1, 0.15) is 0 Å². The van der Waals surface area contributed by atoms with E-state index in [1.807, 2.05) is 0 Å². The first-order valence-electron chi connectivity index (χ1n) is 8.54. The Hall–Kier alpha value is -0.510. The molecular formula is C18H26N2S. The van der Waals surface area contributed by atoms with Crippen LogP contribution in [0.4, 0.5) is 0 Å². The van der Waals surface area contributed by atoms with Crippen molar-refractivity contribution in [3.63, 3.8) is 0 Å². The topological polar surface area (TPSA) is 15.3 Å². The summed E-state index contributed by atoms with van der Waals surface area (Å²) in [5, 5.41) is 3.88. The van der Waals surface area contributed by atoms with Crippen LogP contribution in [0.2, 0.25) is 0 Å². The van der Waals surface area contributed by atoms with Gasteiger partial charge >= 0.3 is 0 Å². The third-order valence-corrected chi connectivity index (χ3v) is 6.77. The van der Waals surface area contributed by atoms with E-state index in [-0.39, 0.29) is 0 Å². The van der Waals surface area contributed by atoms with E-state index in [4.69, 9.17) is 0 Å². The number of benzene rings is 1. The highest BCUT2D eigenvalue weighted by atomic mass is 32.2. The largest absolute Gasteiger partial charge is 0.310 e. The van der Waals surface area contributed by atoms with Crippen LogP contribution in [0.5, 0.6) is 0 Å². The van der Waals surface area contributed by atoms with Crippen molar-refractivity contribution >= 4 is 11.8 Å². The number of hydrogen-bond acceptors (Lipinski definition) is 3. The predicted molar refractivity (Wildman–Crippen MR) is 90.2 cm³/mol. The first-order valence-corrected chi connectivity index (χ1v) is 9.52. The SMILES string of the molecule is c1ccc2c(c1)SCC2CN1CCCNC2(CCCC2)C1. The Morgan fingerprint density at radius 2 is 2.05 bits per heavy atom. The molecule has 1 aromatic carbocycles. The van der Waals surface area contributed by atoms with Gasteiger partial charge in [-0.2, -0.15) is 0 Å². The fourth-order valence-corrected chi connectivity index (χ4v) is 5.70. The third-order valence-electron chi connectivity index (χ3n) is 5.52. The van der Waals surface area contributed by atoms with Crippen molar-refractivity contribution in [3.8, 4) is 0 Å². The van der Waals surface area contributed by atoms with Crippen molar-refractivity contribution in [3.05, 3.63) is 29.8 Å². The van der Waals surface area contributed by atoms with Gasteiger partial charge in [-0.3, -0.25) is 0 Å². The van der Waals surface area contributed by atoms with E-state index in [0.29, 0.717) is 5.54 Å². The number of hydrogen-bond donors (Lipinski definition) is 1. The number of nitrogens with one attached hydrogen (secondary N) is 1. The quantitative estimate of drug-likeness (QED) is 0.900. The summed E-state index contributed by atoms with van der Waals surface area (Å²) in [6.07, 6.45) is 6.92. The number of rotatable bonds is 2. The maximum Gasteiger partial charge on any atom is 0.0308 e. The van der Waals surface area contributed by atoms with Crippen LogP contribution in [-0.4, -0.2) is 42.4 Å². The van der Waals surface area contributed by atoms with E-state index in [1.165, 1.54) is 68.9 Å². The molecule has 0 radical (unpaired) electrons. The summed E-state index contributed by atoms with van der Waals surface area (Å²) in [5.41, 5.74) is 2.04. The Morgan fingerprint density at radius 1 is 1.19 bits per heavy atom. The first kappa shape index (κ1) is 14.1. The van der Waals surface area contributed by atoms with Crippen molar-refractivity contribution in [1.82, 2.24) is 10.2 Å². The highest BCUT2D eigenvalue weighted by Gasteiger charge is 2.37. The van der Waals surface area contributed by atoms with Crippen molar-refractivity contribution in [2.24, 2.45) is 0 Å². The van der Waals surface area contributed by atoms with E-state index >= 15 is 0 Å². The van der Waals surface area contributed by atoms with Crippen LogP contribution in [0, 0.1) is 0 Å². The second-order valence-electron chi connectivity index (χ2n) is 7.05. The number of nitrogens with zero attached hydrogens (tertiary/aromatic N) is 1. The van der Waals surface area contributed by atoms with Crippen molar-refractivity contribution < 1.29 is 0 Å². The number of fused-ring (bicyclic) bond motifs is 1. The highest BCUT2D eigenvalue weighted by molar-refractivity contribution is 7.99. The molecule has 0 amide bonds. The van der Waals surface area contributed by atoms with Crippen molar-refractivity contribution in [2.45, 2.75) is 48.5 Å². The normalized spacial score (nSPS) is 28.7. The molecule has 2 nitrogen and oxygen atoms in total. The summed E-state index contributed by atoms with van der Waals surface area (Å²) in [7, 11) is 0. The summed E-state index contributed by atoms with van der Waals surface area (Å²) < 4.78 is 0. The maximum atomic E-state index is 3.88. The minimum Gasteiger partial charge on any atom is -0.310 e. The van der Waals surface area contributed by atoms with Gasteiger partial charge in [-0.15, -0.1) is 11.8 Å². The predicted octanol–water partition coefficient (Wildman–Crippen LogP) is 3.48. The molecule has 1 atom stereocenters. The lowest BCUT2D eigenvalue weighted by Crippen LogP contribution is -2.49. The average Bonchev–Trinajstić information content (AvgIpc) is 3.06. The highest BCUT2D eigenvalue weighted by Crippen LogP contribution is 2.40. The molecule has 2 fully saturated rings. The van der Waals surface area contributed by atoms with Gasteiger partial charge in [-0.1, -0.05) is 31.0 Å². The van der Waals surface area contributed by atoms with E-state index in [2.05, 4.69) is 46.2 Å². The lowest BCUT2D eigenvalue weighted by atomic mass is 9.95. The molecule has 0 bridgehead atoms. The maximum absolute atomic E-state index is 3.88. The van der Waals surface area contributed by atoms with Crippen LogP contribution in [0.1, 0.15) is 43.6 Å². The van der Waals surface area contributed by atoms with Gasteiger partial charge in [-0.05, 0) is 44.0 Å². The van der Waals surface area contributed by atoms with Gasteiger partial charge in [0.05, 0.1) is 0 Å². The molecule has 1 aliphatic carbocycles. The Labute approximate surface area is 132 Å². The molecule has 1 N–H and O–H groups in total. The third kappa shape index (κ3) is 2.88. The summed E-state index contributed by atoms with van der Waals surface area (Å²) in [6.45, 7) is 5.02. The molecule has 1 spiro atoms. The average molecular weight is 302 g/mol. The summed E-state index contributed by atoms with van der Waals surface area (Å²) in [5.74, 6) is 2.01. The van der Waals surface area contributed by atoms with Gasteiger partial charge < -0.3 is 10.2 Å². The van der Waals surface area contributed by atoms with Gasteiger partial charge in [0.25, 0.3) is 0 Å². The second-order valence-corrected chi connectivity index (χ2v) is 8.11. The fraction of sp³-hybridized carbons (Fsp3) is 0.667. The Bertz CT molecular complexity index is 496. The Morgan fingerprint density at radius 3 is 2.95 bits per heavy atom. The Kier molecular flexibility index (Phi) is 3.99. The zero-order valence-electron chi connectivity index (χ0n) is 12.8. The van der Waals surface area contributed by atoms with E-state index in [9.17, 15) is 0 Å². The van der Waals surface area contributed by atoms with Gasteiger partial charge in [0, 0.05) is 35.2 Å². The lowest BCUT2D eigenvalue weighted by Gasteiger charge is -2.34. The van der Waals surface area contributed by atoms with Gasteiger partial charge in [-0.25, -0.2) is 0 Å². The lowest BCUT2D eigenvalue weighted by molar-refractivity contribution is 0.203. The van der Waals surface area contributed by atoms with Crippen LogP contribution in [0.25, 0.3) is 0 Å². The minimum absolute atomic E-state index is 0.446. The molecule has 2 aliphatic heterocycles. The van der Waals surface area contributed by atoms with Crippen LogP contribution < -0.4 is 5.32 Å². The van der Waals surface area contributed by atoms with Crippen molar-refractivity contribution in [1.29, 1.82) is 0 Å². The summed E-state index contributed by atoms with van der Waals surface area (Å²) in [4.78, 5) is 4.28. The van der Waals surface area contributed by atoms with Crippen molar-refractivity contribution in [2.75, 3.05) is 31.9 Å². The minimum atomic E-state index is 0.446. The Balaban J connectivity index is 1.47. The molecule has 21 heavy (non-hydrogen) atoms.